The summed E-state index contributed by atoms with van der Waals surface area (Å²) in [4.78, 5) is 18.4. The second-order valence-corrected chi connectivity index (χ2v) is 19.5. The standard InChI is InChI=1S/C28H45BN2O4SSi/c1-25(2,3)24-30-17-22(36-24)23(32)31-21(18-33-37(11,12)26(4,5)6)19-13-15-20(16-14-19)29-34-27(7,8)28(9,10)35-29/h13-17,21H,18H2,1-12H3,(H,31,32). The van der Waals surface area contributed by atoms with Crippen molar-refractivity contribution in [3.63, 3.8) is 0 Å². The van der Waals surface area contributed by atoms with Gasteiger partial charge in [-0.2, -0.15) is 0 Å². The van der Waals surface area contributed by atoms with Crippen molar-refractivity contribution in [2.45, 2.75) is 110 Å². The minimum absolute atomic E-state index is 0.0709. The Kier molecular flexibility index (Phi) is 8.30. The molecule has 1 fully saturated rings. The van der Waals surface area contributed by atoms with E-state index in [4.69, 9.17) is 13.7 Å². The van der Waals surface area contributed by atoms with Crippen LogP contribution in [-0.4, -0.2) is 44.1 Å². The van der Waals surface area contributed by atoms with Gasteiger partial charge in [-0.15, -0.1) is 11.3 Å². The van der Waals surface area contributed by atoms with Crippen LogP contribution in [0.1, 0.15) is 95.5 Å². The Labute approximate surface area is 229 Å². The molecule has 2 aromatic rings. The van der Waals surface area contributed by atoms with E-state index in [0.29, 0.717) is 11.5 Å². The van der Waals surface area contributed by atoms with Gasteiger partial charge in [0.15, 0.2) is 8.32 Å². The molecule has 1 aliphatic heterocycles. The molecule has 6 nitrogen and oxygen atoms in total. The van der Waals surface area contributed by atoms with Gasteiger partial charge in [0.25, 0.3) is 5.91 Å². The van der Waals surface area contributed by atoms with Crippen LogP contribution in [0.15, 0.2) is 30.5 Å². The Balaban J connectivity index is 1.83. The number of rotatable bonds is 7. The zero-order chi connectivity index (χ0) is 28.0. The molecule has 2 heterocycles. The van der Waals surface area contributed by atoms with Crippen molar-refractivity contribution in [2.75, 3.05) is 6.61 Å². The minimum atomic E-state index is -2.02. The van der Waals surface area contributed by atoms with E-state index in [2.05, 4.69) is 92.6 Å². The highest BCUT2D eigenvalue weighted by Crippen LogP contribution is 2.38. The van der Waals surface area contributed by atoms with Gasteiger partial charge < -0.3 is 19.1 Å². The van der Waals surface area contributed by atoms with Gasteiger partial charge in [0.05, 0.1) is 35.1 Å². The van der Waals surface area contributed by atoms with Gasteiger partial charge in [-0.3, -0.25) is 4.79 Å². The maximum Gasteiger partial charge on any atom is 0.494 e. The van der Waals surface area contributed by atoms with E-state index in [1.165, 1.54) is 11.3 Å². The maximum atomic E-state index is 13.3. The molecule has 204 valence electrons. The molecule has 1 N–H and O–H groups in total. The number of carbonyl (C=O) groups excluding carboxylic acids is 1. The number of amides is 1. The molecule has 0 aliphatic carbocycles. The lowest BCUT2D eigenvalue weighted by Crippen LogP contribution is -2.43. The SMILES string of the molecule is CC(C)(C)c1ncc(C(=O)NC(CO[Si](C)(C)C(C)(C)C)c2ccc(B3OC(C)(C)C(C)(C)O3)cc2)s1. The second kappa shape index (κ2) is 10.2. The number of hydrogen-bond acceptors (Lipinski definition) is 6. The average molecular weight is 545 g/mol. The predicted molar refractivity (Wildman–Crippen MR) is 156 cm³/mol. The predicted octanol–water partition coefficient (Wildman–Crippen LogP) is 6.23. The second-order valence-electron chi connectivity index (χ2n) is 13.6. The molecular weight excluding hydrogens is 499 g/mol. The summed E-state index contributed by atoms with van der Waals surface area (Å²) in [6.07, 6.45) is 1.67. The Hall–Kier alpha value is -1.52. The first kappa shape index (κ1) is 30.0. The third-order valence-corrected chi connectivity index (χ3v) is 13.9. The molecule has 0 bridgehead atoms. The van der Waals surface area contributed by atoms with Crippen molar-refractivity contribution in [3.05, 3.63) is 45.9 Å². The van der Waals surface area contributed by atoms with Crippen molar-refractivity contribution in [1.82, 2.24) is 10.3 Å². The van der Waals surface area contributed by atoms with Crippen LogP contribution >= 0.6 is 11.3 Å². The fourth-order valence-corrected chi connectivity index (χ4v) is 5.44. The van der Waals surface area contributed by atoms with Gasteiger partial charge >= 0.3 is 7.12 Å². The summed E-state index contributed by atoms with van der Waals surface area (Å²) in [5.41, 5.74) is 1.04. The van der Waals surface area contributed by atoms with Gasteiger partial charge in [0, 0.05) is 5.41 Å². The van der Waals surface area contributed by atoms with Crippen LogP contribution in [0.4, 0.5) is 0 Å². The zero-order valence-corrected chi connectivity index (χ0v) is 26.6. The topological polar surface area (TPSA) is 69.7 Å². The van der Waals surface area contributed by atoms with Crippen molar-refractivity contribution < 1.29 is 18.5 Å². The Morgan fingerprint density at radius 3 is 2.05 bits per heavy atom. The summed E-state index contributed by atoms with van der Waals surface area (Å²) in [5.74, 6) is -0.133. The van der Waals surface area contributed by atoms with Crippen LogP contribution in [0.5, 0.6) is 0 Å². The van der Waals surface area contributed by atoms with E-state index >= 15 is 0 Å². The van der Waals surface area contributed by atoms with Crippen LogP contribution in [0.2, 0.25) is 18.1 Å². The lowest BCUT2D eigenvalue weighted by Gasteiger charge is -2.37. The number of thiazole rings is 1. The van der Waals surface area contributed by atoms with Crippen molar-refractivity contribution in [2.24, 2.45) is 0 Å². The molecule has 1 aromatic heterocycles. The first-order valence-corrected chi connectivity index (χ1v) is 16.8. The maximum absolute atomic E-state index is 13.3. The molecular formula is C28H45BN2O4SSi. The third-order valence-electron chi connectivity index (χ3n) is 7.96. The summed E-state index contributed by atoms with van der Waals surface area (Å²) >= 11 is 1.44. The minimum Gasteiger partial charge on any atom is -0.414 e. The van der Waals surface area contributed by atoms with Gasteiger partial charge in [0.2, 0.25) is 0 Å². The van der Waals surface area contributed by atoms with Crippen molar-refractivity contribution in [3.8, 4) is 0 Å². The zero-order valence-electron chi connectivity index (χ0n) is 24.7. The number of carbonyl (C=O) groups is 1. The first-order valence-electron chi connectivity index (χ1n) is 13.1. The molecule has 9 heteroatoms. The van der Waals surface area contributed by atoms with Crippen LogP contribution in [-0.2, 0) is 19.1 Å². The molecule has 0 spiro atoms. The average Bonchev–Trinajstić information content (AvgIpc) is 3.33. The van der Waals surface area contributed by atoms with E-state index < -0.39 is 26.6 Å². The highest BCUT2D eigenvalue weighted by atomic mass is 32.1. The molecule has 0 radical (unpaired) electrons. The monoisotopic (exact) mass is 544 g/mol. The molecule has 1 saturated heterocycles. The molecule has 1 aromatic carbocycles. The van der Waals surface area contributed by atoms with Crippen molar-refractivity contribution >= 4 is 38.1 Å². The molecule has 37 heavy (non-hydrogen) atoms. The van der Waals surface area contributed by atoms with Gasteiger partial charge in [0.1, 0.15) is 4.88 Å². The summed E-state index contributed by atoms with van der Waals surface area (Å²) in [6.45, 7) is 26.0. The van der Waals surface area contributed by atoms with E-state index in [0.717, 1.165) is 16.0 Å². The summed E-state index contributed by atoms with van der Waals surface area (Å²) in [6, 6.07) is 7.82. The van der Waals surface area contributed by atoms with E-state index in [1.807, 2.05) is 24.3 Å². The number of hydrogen-bond donors (Lipinski definition) is 1. The highest BCUT2D eigenvalue weighted by molar-refractivity contribution is 7.13. The quantitative estimate of drug-likeness (QED) is 0.419. The summed E-state index contributed by atoms with van der Waals surface area (Å²) in [5, 5.41) is 4.23. The van der Waals surface area contributed by atoms with Crippen LogP contribution < -0.4 is 10.8 Å². The van der Waals surface area contributed by atoms with Gasteiger partial charge in [-0.1, -0.05) is 65.8 Å². The molecule has 0 saturated carbocycles. The Bertz CT molecular complexity index is 1080. The lowest BCUT2D eigenvalue weighted by atomic mass is 9.78. The smallest absolute Gasteiger partial charge is 0.414 e. The fourth-order valence-electron chi connectivity index (χ4n) is 3.55. The van der Waals surface area contributed by atoms with E-state index in [-0.39, 0.29) is 22.4 Å². The molecule has 1 unspecified atom stereocenters. The van der Waals surface area contributed by atoms with E-state index in [1.54, 1.807) is 6.20 Å². The summed E-state index contributed by atoms with van der Waals surface area (Å²) < 4.78 is 19.0. The molecule has 3 rings (SSSR count). The number of nitrogens with one attached hydrogen (secondary N) is 1. The molecule has 1 aliphatic rings. The van der Waals surface area contributed by atoms with Gasteiger partial charge in [-0.05, 0) is 56.9 Å². The normalized spacial score (nSPS) is 18.6. The van der Waals surface area contributed by atoms with Gasteiger partial charge in [-0.25, -0.2) is 4.98 Å². The van der Waals surface area contributed by atoms with Crippen LogP contribution in [0.25, 0.3) is 0 Å². The number of nitrogens with zero attached hydrogens (tertiary/aromatic N) is 1. The van der Waals surface area contributed by atoms with E-state index in [9.17, 15) is 4.79 Å². The molecule has 1 atom stereocenters. The highest BCUT2D eigenvalue weighted by Gasteiger charge is 2.51. The summed E-state index contributed by atoms with van der Waals surface area (Å²) in [7, 11) is -2.44. The van der Waals surface area contributed by atoms with Crippen LogP contribution in [0.3, 0.4) is 0 Å². The molecule has 1 amide bonds. The van der Waals surface area contributed by atoms with Crippen molar-refractivity contribution in [1.29, 1.82) is 0 Å². The Morgan fingerprint density at radius 2 is 1.59 bits per heavy atom. The fraction of sp³-hybridized carbons (Fsp3) is 0.643. The lowest BCUT2D eigenvalue weighted by molar-refractivity contribution is 0.00578. The number of aromatic nitrogens is 1. The largest absolute Gasteiger partial charge is 0.494 e. The Morgan fingerprint density at radius 1 is 1.05 bits per heavy atom. The van der Waals surface area contributed by atoms with Crippen LogP contribution in [0, 0.1) is 0 Å². The number of benzene rings is 1. The third kappa shape index (κ3) is 6.74. The first-order chi connectivity index (χ1) is 16.7.